The molecule has 0 aliphatic rings. The van der Waals surface area contributed by atoms with E-state index in [0.717, 1.165) is 21.6 Å². The van der Waals surface area contributed by atoms with Crippen LogP contribution in [0.5, 0.6) is 0 Å². The third kappa shape index (κ3) is 3.74. The van der Waals surface area contributed by atoms with E-state index in [1.54, 1.807) is 12.1 Å². The Morgan fingerprint density at radius 3 is 2.65 bits per heavy atom. The SMILES string of the molecule is CCCNC(c1cc(Cl)c(Br)s1)c1ccc(Cl)cc1F. The Balaban J connectivity index is 2.41. The molecule has 2 rings (SSSR count). The molecular formula is C14H13BrCl2FNS. The lowest BCUT2D eigenvalue weighted by atomic mass is 10.0. The van der Waals surface area contributed by atoms with Gasteiger partial charge >= 0.3 is 0 Å². The molecule has 1 N–H and O–H groups in total. The van der Waals surface area contributed by atoms with Crippen molar-refractivity contribution >= 4 is 50.5 Å². The van der Waals surface area contributed by atoms with Crippen LogP contribution in [-0.4, -0.2) is 6.54 Å². The standard InChI is InChI=1S/C14H13BrCl2FNS/c1-2-5-19-13(12-7-10(17)14(15)20-12)9-4-3-8(16)6-11(9)18/h3-4,6-7,13,19H,2,5H2,1H3. The largest absolute Gasteiger partial charge is 0.306 e. The zero-order valence-corrected chi connectivity index (χ0v) is 14.6. The number of hydrogen-bond donors (Lipinski definition) is 1. The molecule has 1 atom stereocenters. The van der Waals surface area contributed by atoms with Crippen molar-refractivity contribution in [1.82, 2.24) is 5.32 Å². The Kier molecular flexibility index (Phi) is 5.87. The lowest BCUT2D eigenvalue weighted by molar-refractivity contribution is 0.551. The first-order chi connectivity index (χ1) is 9.52. The van der Waals surface area contributed by atoms with Crippen molar-refractivity contribution in [2.24, 2.45) is 0 Å². The third-order valence-electron chi connectivity index (χ3n) is 2.82. The van der Waals surface area contributed by atoms with Gasteiger partial charge in [-0.3, -0.25) is 0 Å². The van der Waals surface area contributed by atoms with E-state index in [1.165, 1.54) is 17.4 Å². The number of halogens is 4. The summed E-state index contributed by atoms with van der Waals surface area (Å²) in [4.78, 5) is 0.969. The van der Waals surface area contributed by atoms with Crippen molar-refractivity contribution in [2.45, 2.75) is 19.4 Å². The highest BCUT2D eigenvalue weighted by Gasteiger charge is 2.20. The van der Waals surface area contributed by atoms with Crippen molar-refractivity contribution in [3.8, 4) is 0 Å². The average molecular weight is 397 g/mol. The normalized spacial score (nSPS) is 12.7. The quantitative estimate of drug-likeness (QED) is 0.648. The minimum atomic E-state index is -0.313. The topological polar surface area (TPSA) is 12.0 Å². The molecule has 1 unspecified atom stereocenters. The van der Waals surface area contributed by atoms with Crippen molar-refractivity contribution in [1.29, 1.82) is 0 Å². The molecule has 1 aromatic carbocycles. The summed E-state index contributed by atoms with van der Waals surface area (Å²) in [6, 6.07) is 6.39. The zero-order valence-electron chi connectivity index (χ0n) is 10.7. The lowest BCUT2D eigenvalue weighted by Crippen LogP contribution is -2.23. The van der Waals surface area contributed by atoms with Gasteiger partial charge in [0, 0.05) is 15.5 Å². The fraction of sp³-hybridized carbons (Fsp3) is 0.286. The highest BCUT2D eigenvalue weighted by atomic mass is 79.9. The smallest absolute Gasteiger partial charge is 0.129 e. The van der Waals surface area contributed by atoms with Crippen molar-refractivity contribution in [3.05, 3.63) is 54.4 Å². The first-order valence-corrected chi connectivity index (χ1v) is 8.52. The van der Waals surface area contributed by atoms with E-state index in [4.69, 9.17) is 23.2 Å². The molecular weight excluding hydrogens is 384 g/mol. The molecule has 1 nitrogen and oxygen atoms in total. The highest BCUT2D eigenvalue weighted by Crippen LogP contribution is 2.38. The van der Waals surface area contributed by atoms with E-state index in [1.807, 2.05) is 6.07 Å². The van der Waals surface area contributed by atoms with E-state index in [2.05, 4.69) is 28.2 Å². The molecule has 2 aromatic rings. The van der Waals surface area contributed by atoms with Gasteiger partial charge in [0.2, 0.25) is 0 Å². The van der Waals surface area contributed by atoms with Crippen molar-refractivity contribution in [3.63, 3.8) is 0 Å². The van der Waals surface area contributed by atoms with E-state index in [9.17, 15) is 4.39 Å². The van der Waals surface area contributed by atoms with Crippen LogP contribution in [0.15, 0.2) is 28.1 Å². The fourth-order valence-corrected chi connectivity index (χ4v) is 3.89. The first-order valence-electron chi connectivity index (χ1n) is 6.16. The van der Waals surface area contributed by atoms with Crippen molar-refractivity contribution in [2.75, 3.05) is 6.54 Å². The summed E-state index contributed by atoms with van der Waals surface area (Å²) in [5, 5.41) is 4.39. The van der Waals surface area contributed by atoms with Crippen LogP contribution in [-0.2, 0) is 0 Å². The average Bonchev–Trinajstić information content (AvgIpc) is 2.72. The van der Waals surface area contributed by atoms with Gasteiger partial charge in [0.1, 0.15) is 5.82 Å². The number of hydrogen-bond acceptors (Lipinski definition) is 2. The van der Waals surface area contributed by atoms with Crippen LogP contribution in [0.25, 0.3) is 0 Å². The van der Waals surface area contributed by atoms with E-state index >= 15 is 0 Å². The van der Waals surface area contributed by atoms with Gasteiger partial charge in [-0.25, -0.2) is 4.39 Å². The van der Waals surface area contributed by atoms with Gasteiger partial charge in [0.05, 0.1) is 14.9 Å². The second-order valence-electron chi connectivity index (χ2n) is 4.32. The second-order valence-corrected chi connectivity index (χ2v) is 7.57. The van der Waals surface area contributed by atoms with Gasteiger partial charge in [0.25, 0.3) is 0 Å². The van der Waals surface area contributed by atoms with Crippen LogP contribution in [0.3, 0.4) is 0 Å². The molecule has 6 heteroatoms. The van der Waals surface area contributed by atoms with Crippen LogP contribution < -0.4 is 5.32 Å². The van der Waals surface area contributed by atoms with Gasteiger partial charge in [0.15, 0.2) is 0 Å². The highest BCUT2D eigenvalue weighted by molar-refractivity contribution is 9.11. The summed E-state index contributed by atoms with van der Waals surface area (Å²) in [5.41, 5.74) is 0.577. The minimum absolute atomic E-state index is 0.221. The molecule has 0 saturated heterocycles. The molecule has 1 aromatic heterocycles. The van der Waals surface area contributed by atoms with Gasteiger partial charge in [-0.1, -0.05) is 36.2 Å². The van der Waals surface area contributed by atoms with Crippen LogP contribution in [0.2, 0.25) is 10.0 Å². The summed E-state index contributed by atoms with van der Waals surface area (Å²) < 4.78 is 15.0. The Bertz CT molecular complexity index is 583. The zero-order chi connectivity index (χ0) is 14.7. The van der Waals surface area contributed by atoms with Gasteiger partial charge in [-0.05, 0) is 47.1 Å². The Hall–Kier alpha value is -0.130. The maximum absolute atomic E-state index is 14.2. The van der Waals surface area contributed by atoms with E-state index in [0.29, 0.717) is 15.6 Å². The molecule has 0 spiro atoms. The third-order valence-corrected chi connectivity index (χ3v) is 5.60. The molecule has 0 saturated carbocycles. The van der Waals surface area contributed by atoms with E-state index < -0.39 is 0 Å². The molecule has 0 aliphatic heterocycles. The molecule has 1 heterocycles. The summed E-state index contributed by atoms with van der Waals surface area (Å²) in [6.07, 6.45) is 0.964. The van der Waals surface area contributed by atoms with E-state index in [-0.39, 0.29) is 11.9 Å². The Morgan fingerprint density at radius 1 is 1.35 bits per heavy atom. The first kappa shape index (κ1) is 16.2. The summed E-state index contributed by atoms with van der Waals surface area (Å²) in [6.45, 7) is 2.86. The summed E-state index contributed by atoms with van der Waals surface area (Å²) in [5.74, 6) is -0.313. The molecule has 0 fully saturated rings. The number of nitrogens with one attached hydrogen (secondary N) is 1. The molecule has 0 aliphatic carbocycles. The minimum Gasteiger partial charge on any atom is -0.306 e. The van der Waals surface area contributed by atoms with Crippen LogP contribution >= 0.6 is 50.5 Å². The van der Waals surface area contributed by atoms with Crippen molar-refractivity contribution < 1.29 is 4.39 Å². The number of rotatable bonds is 5. The number of thiophene rings is 1. The second kappa shape index (κ2) is 7.23. The summed E-state index contributed by atoms with van der Waals surface area (Å²) >= 11 is 16.8. The molecule has 0 amide bonds. The van der Waals surface area contributed by atoms with Gasteiger partial charge in [-0.2, -0.15) is 0 Å². The predicted octanol–water partition coefficient (Wildman–Crippen LogP) is 6.05. The maximum atomic E-state index is 14.2. The maximum Gasteiger partial charge on any atom is 0.129 e. The van der Waals surface area contributed by atoms with Crippen LogP contribution in [0.1, 0.15) is 29.8 Å². The molecule has 20 heavy (non-hydrogen) atoms. The van der Waals surface area contributed by atoms with Gasteiger partial charge in [-0.15, -0.1) is 11.3 Å². The summed E-state index contributed by atoms with van der Waals surface area (Å²) in [7, 11) is 0. The number of benzene rings is 1. The molecule has 0 bridgehead atoms. The lowest BCUT2D eigenvalue weighted by Gasteiger charge is -2.18. The Labute approximate surface area is 140 Å². The fourth-order valence-electron chi connectivity index (χ4n) is 1.89. The van der Waals surface area contributed by atoms with Crippen LogP contribution in [0, 0.1) is 5.82 Å². The monoisotopic (exact) mass is 395 g/mol. The molecule has 0 radical (unpaired) electrons. The Morgan fingerprint density at radius 2 is 2.10 bits per heavy atom. The van der Waals surface area contributed by atoms with Crippen LogP contribution in [0.4, 0.5) is 4.39 Å². The predicted molar refractivity (Wildman–Crippen MR) is 88.6 cm³/mol. The molecule has 108 valence electrons. The van der Waals surface area contributed by atoms with Gasteiger partial charge < -0.3 is 5.32 Å².